The van der Waals surface area contributed by atoms with E-state index >= 15 is 0 Å². The fraction of sp³-hybridized carbons (Fsp3) is 0.222. The predicted molar refractivity (Wildman–Crippen MR) is 53.5 cm³/mol. The van der Waals surface area contributed by atoms with E-state index in [0.717, 1.165) is 0 Å². The van der Waals surface area contributed by atoms with Crippen molar-refractivity contribution in [2.45, 2.75) is 12.2 Å². The van der Waals surface area contributed by atoms with Crippen LogP contribution in [0.4, 0.5) is 13.2 Å². The molecular weight excluding hydrogens is 289 g/mol. The maximum atomic E-state index is 12.4. The summed E-state index contributed by atoms with van der Waals surface area (Å²) in [5.74, 6) is -0.748. The summed E-state index contributed by atoms with van der Waals surface area (Å²) in [6.07, 6.45) is -4.69. The molecule has 0 aromatic heterocycles. The fourth-order valence-electron chi connectivity index (χ4n) is 1.13. The summed E-state index contributed by atoms with van der Waals surface area (Å²) in [5, 5.41) is 18.0. The van der Waals surface area contributed by atoms with E-state index in [0.29, 0.717) is 0 Å². The monoisotopic (exact) mass is 294 g/mol. The van der Waals surface area contributed by atoms with Gasteiger partial charge >= 0.3 is 6.18 Å². The van der Waals surface area contributed by atoms with Crippen LogP contribution in [0, 0.1) is 11.3 Å². The van der Waals surface area contributed by atoms with Gasteiger partial charge in [-0.3, -0.25) is 0 Å². The third kappa shape index (κ3) is 2.28. The molecule has 1 rings (SSSR count). The van der Waals surface area contributed by atoms with Gasteiger partial charge in [-0.15, -0.1) is 0 Å². The van der Waals surface area contributed by atoms with Crippen molar-refractivity contribution < 1.29 is 18.3 Å². The number of nitriles is 1. The van der Waals surface area contributed by atoms with Crippen LogP contribution in [0.5, 0.6) is 5.75 Å². The lowest BCUT2D eigenvalue weighted by molar-refractivity contribution is -0.149. The second kappa shape index (κ2) is 4.31. The molecule has 7 heteroatoms. The third-order valence-corrected chi connectivity index (χ3v) is 2.64. The Morgan fingerprint density at radius 2 is 2.00 bits per heavy atom. The molecule has 0 heterocycles. The predicted octanol–water partition coefficient (Wildman–Crippen LogP) is 2.59. The molecule has 1 atom stereocenters. The summed E-state index contributed by atoms with van der Waals surface area (Å²) in [6, 6.07) is 1.67. The highest BCUT2D eigenvalue weighted by molar-refractivity contribution is 9.10. The van der Waals surface area contributed by atoms with Gasteiger partial charge in [0.05, 0.1) is 5.56 Å². The molecule has 1 aromatic rings. The van der Waals surface area contributed by atoms with Crippen molar-refractivity contribution in [2.24, 2.45) is 5.73 Å². The first kappa shape index (κ1) is 12.8. The molecule has 0 unspecified atom stereocenters. The van der Waals surface area contributed by atoms with Crippen LogP contribution >= 0.6 is 15.9 Å². The number of phenolic OH excluding ortho intramolecular Hbond substituents is 1. The van der Waals surface area contributed by atoms with Crippen LogP contribution in [0.25, 0.3) is 0 Å². The first-order valence-electron chi connectivity index (χ1n) is 4.02. The summed E-state index contributed by atoms with van der Waals surface area (Å²) in [6.45, 7) is 0. The topological polar surface area (TPSA) is 70.0 Å². The second-order valence-corrected chi connectivity index (χ2v) is 3.84. The maximum absolute atomic E-state index is 12.4. The molecule has 0 aliphatic rings. The summed E-state index contributed by atoms with van der Waals surface area (Å²) >= 11 is 2.85. The second-order valence-electron chi connectivity index (χ2n) is 2.99. The Kier molecular flexibility index (Phi) is 3.45. The summed E-state index contributed by atoms with van der Waals surface area (Å²) in [4.78, 5) is 0. The van der Waals surface area contributed by atoms with E-state index < -0.39 is 23.5 Å². The number of phenols is 1. The number of hydrogen-bond acceptors (Lipinski definition) is 3. The van der Waals surface area contributed by atoms with Crippen LogP contribution in [0.1, 0.15) is 17.2 Å². The maximum Gasteiger partial charge on any atom is 0.407 e. The molecule has 0 saturated heterocycles. The van der Waals surface area contributed by atoms with Crippen molar-refractivity contribution in [1.82, 2.24) is 0 Å². The number of benzene rings is 1. The van der Waals surface area contributed by atoms with Crippen molar-refractivity contribution in [3.8, 4) is 11.8 Å². The Morgan fingerprint density at radius 3 is 2.44 bits per heavy atom. The third-order valence-electron chi connectivity index (χ3n) is 1.95. The van der Waals surface area contributed by atoms with Crippen molar-refractivity contribution >= 4 is 15.9 Å². The van der Waals surface area contributed by atoms with Gasteiger partial charge in [-0.25, -0.2) is 0 Å². The Labute approximate surface area is 97.4 Å². The zero-order chi connectivity index (χ0) is 12.5. The van der Waals surface area contributed by atoms with Gasteiger partial charge < -0.3 is 10.8 Å². The number of nitrogens with zero attached hydrogens (tertiary/aromatic N) is 1. The van der Waals surface area contributed by atoms with Crippen molar-refractivity contribution in [1.29, 1.82) is 5.26 Å². The summed E-state index contributed by atoms with van der Waals surface area (Å²) in [7, 11) is 0. The number of aromatic hydroxyl groups is 1. The van der Waals surface area contributed by atoms with Crippen LogP contribution < -0.4 is 5.73 Å². The Hall–Kier alpha value is -1.26. The molecule has 0 bridgehead atoms. The molecule has 0 radical (unpaired) electrons. The molecule has 0 fully saturated rings. The number of alkyl halides is 3. The van der Waals surface area contributed by atoms with Gasteiger partial charge in [-0.2, -0.15) is 18.4 Å². The lowest BCUT2D eigenvalue weighted by Crippen LogP contribution is -2.29. The van der Waals surface area contributed by atoms with E-state index in [1.165, 1.54) is 12.1 Å². The molecule has 3 nitrogen and oxygen atoms in total. The van der Waals surface area contributed by atoms with Gasteiger partial charge in [0.15, 0.2) is 0 Å². The van der Waals surface area contributed by atoms with Gasteiger partial charge in [-0.05, 0) is 12.1 Å². The van der Waals surface area contributed by atoms with E-state index in [1.54, 1.807) is 6.07 Å². The lowest BCUT2D eigenvalue weighted by Gasteiger charge is -2.18. The zero-order valence-corrected chi connectivity index (χ0v) is 9.30. The molecule has 0 aliphatic carbocycles. The number of nitrogens with two attached hydrogens (primary N) is 1. The number of hydrogen-bond donors (Lipinski definition) is 2. The highest BCUT2D eigenvalue weighted by Gasteiger charge is 2.40. The van der Waals surface area contributed by atoms with Gasteiger partial charge in [0.2, 0.25) is 0 Å². The average molecular weight is 295 g/mol. The molecule has 0 saturated carbocycles. The number of halogens is 4. The fourth-order valence-corrected chi connectivity index (χ4v) is 1.70. The average Bonchev–Trinajstić information content (AvgIpc) is 2.16. The largest absolute Gasteiger partial charge is 0.506 e. The highest BCUT2D eigenvalue weighted by Crippen LogP contribution is 2.40. The minimum absolute atomic E-state index is 0.00817. The van der Waals surface area contributed by atoms with E-state index in [4.69, 9.17) is 11.0 Å². The summed E-state index contributed by atoms with van der Waals surface area (Å²) in [5.41, 5.74) is 4.19. The molecule has 3 N–H and O–H groups in total. The minimum Gasteiger partial charge on any atom is -0.506 e. The van der Waals surface area contributed by atoms with Crippen LogP contribution in [-0.2, 0) is 0 Å². The van der Waals surface area contributed by atoms with E-state index in [2.05, 4.69) is 15.9 Å². The summed E-state index contributed by atoms with van der Waals surface area (Å²) < 4.78 is 37.2. The van der Waals surface area contributed by atoms with Gasteiger partial charge in [0.1, 0.15) is 17.9 Å². The number of rotatable bonds is 1. The van der Waals surface area contributed by atoms with Crippen LogP contribution in [0.3, 0.4) is 0 Å². The molecule has 0 aliphatic heterocycles. The van der Waals surface area contributed by atoms with Crippen molar-refractivity contribution in [3.63, 3.8) is 0 Å². The molecule has 1 aromatic carbocycles. The van der Waals surface area contributed by atoms with E-state index in [-0.39, 0.29) is 10.0 Å². The molecule has 0 amide bonds. The molecule has 86 valence electrons. The first-order valence-corrected chi connectivity index (χ1v) is 4.82. The van der Waals surface area contributed by atoms with Crippen LogP contribution in [-0.4, -0.2) is 11.3 Å². The van der Waals surface area contributed by atoms with E-state index in [9.17, 15) is 18.3 Å². The van der Waals surface area contributed by atoms with Gasteiger partial charge in [0.25, 0.3) is 0 Å². The van der Waals surface area contributed by atoms with Gasteiger partial charge in [-0.1, -0.05) is 15.9 Å². The molecule has 16 heavy (non-hydrogen) atoms. The highest BCUT2D eigenvalue weighted by atomic mass is 79.9. The SMILES string of the molecule is N#Cc1ccc(Br)c([C@@H](N)C(F)(F)F)c1O. The van der Waals surface area contributed by atoms with Crippen LogP contribution in [0.2, 0.25) is 0 Å². The zero-order valence-electron chi connectivity index (χ0n) is 7.72. The molecule has 0 spiro atoms. The van der Waals surface area contributed by atoms with Crippen molar-refractivity contribution in [2.75, 3.05) is 0 Å². The minimum atomic E-state index is -4.69. The van der Waals surface area contributed by atoms with Crippen LogP contribution in [0.15, 0.2) is 16.6 Å². The van der Waals surface area contributed by atoms with E-state index in [1.807, 2.05) is 0 Å². The Balaban J connectivity index is 3.39. The Bertz CT molecular complexity index is 453. The van der Waals surface area contributed by atoms with Crippen molar-refractivity contribution in [3.05, 3.63) is 27.7 Å². The normalized spacial score (nSPS) is 13.2. The standard InChI is InChI=1S/C9H6BrF3N2O/c10-5-2-1-4(3-14)7(16)6(5)8(15)9(11,12)13/h1-2,8,16H,15H2/t8-/m1/s1. The smallest absolute Gasteiger partial charge is 0.407 e. The Morgan fingerprint density at radius 1 is 1.44 bits per heavy atom. The quantitative estimate of drug-likeness (QED) is 0.836. The van der Waals surface area contributed by atoms with Gasteiger partial charge in [0, 0.05) is 10.0 Å². The molecular formula is C9H6BrF3N2O. The first-order chi connectivity index (χ1) is 7.29. The lowest BCUT2D eigenvalue weighted by atomic mass is 10.0.